The third-order valence-corrected chi connectivity index (χ3v) is 3.45. The molecule has 20 heavy (non-hydrogen) atoms. The van der Waals surface area contributed by atoms with Crippen molar-refractivity contribution >= 4 is 0 Å². The third kappa shape index (κ3) is 5.17. The molecule has 4 heteroatoms. The molecular weight excluding hydrogens is 258 g/mol. The van der Waals surface area contributed by atoms with E-state index in [0.29, 0.717) is 12.1 Å². The number of rotatable bonds is 9. The summed E-state index contributed by atoms with van der Waals surface area (Å²) in [5.41, 5.74) is 0.411. The molecule has 1 rings (SSSR count). The van der Waals surface area contributed by atoms with E-state index in [1.165, 1.54) is 12.8 Å². The molecule has 0 radical (unpaired) electrons. The van der Waals surface area contributed by atoms with E-state index in [1.54, 1.807) is 12.1 Å². The molecule has 2 nitrogen and oxygen atoms in total. The van der Waals surface area contributed by atoms with Gasteiger partial charge in [-0.25, -0.2) is 8.78 Å². The van der Waals surface area contributed by atoms with Crippen molar-refractivity contribution in [1.29, 1.82) is 0 Å². The summed E-state index contributed by atoms with van der Waals surface area (Å²) in [4.78, 5) is 2.17. The lowest BCUT2D eigenvalue weighted by atomic mass is 10.1. The van der Waals surface area contributed by atoms with Gasteiger partial charge in [-0.1, -0.05) is 38.8 Å². The van der Waals surface area contributed by atoms with E-state index in [4.69, 9.17) is 0 Å². The lowest BCUT2D eigenvalue weighted by Gasteiger charge is -2.25. The summed E-state index contributed by atoms with van der Waals surface area (Å²) in [6.45, 7) is 6.53. The zero-order valence-electron chi connectivity index (χ0n) is 12.8. The smallest absolute Gasteiger partial charge is 0.163 e. The van der Waals surface area contributed by atoms with E-state index in [1.807, 2.05) is 14.0 Å². The molecule has 114 valence electrons. The molecule has 0 saturated carbocycles. The average Bonchev–Trinajstić information content (AvgIpc) is 2.42. The number of likely N-dealkylation sites (N-methyl/N-ethyl adjacent to an activating group) is 2. The van der Waals surface area contributed by atoms with Crippen LogP contribution in [0.1, 0.15) is 44.7 Å². The lowest BCUT2D eigenvalue weighted by Crippen LogP contribution is -2.34. The Morgan fingerprint density at radius 1 is 1.20 bits per heavy atom. The van der Waals surface area contributed by atoms with Crippen molar-refractivity contribution in [2.45, 2.75) is 39.2 Å². The predicted octanol–water partition coefficient (Wildman–Crippen LogP) is 3.74. The van der Waals surface area contributed by atoms with Crippen molar-refractivity contribution < 1.29 is 8.78 Å². The van der Waals surface area contributed by atoms with Gasteiger partial charge in [-0.15, -0.1) is 0 Å². The van der Waals surface area contributed by atoms with Crippen LogP contribution in [0.3, 0.4) is 0 Å². The maximum atomic E-state index is 13.9. The second kappa shape index (κ2) is 9.03. The first-order valence-corrected chi connectivity index (χ1v) is 7.46. The van der Waals surface area contributed by atoms with Crippen LogP contribution in [0.2, 0.25) is 0 Å². The molecule has 1 unspecified atom stereocenters. The maximum Gasteiger partial charge on any atom is 0.163 e. The standard InChI is InChI=1S/C16H26F2N2/c1-4-6-7-11-20(3)12-15(19-5-2)13-9-8-10-14(17)16(13)18/h8-10,15,19H,4-7,11-12H2,1-3H3. The first-order valence-electron chi connectivity index (χ1n) is 7.46. The van der Waals surface area contributed by atoms with Gasteiger partial charge >= 0.3 is 0 Å². The molecule has 1 N–H and O–H groups in total. The van der Waals surface area contributed by atoms with Crippen LogP contribution in [0.15, 0.2) is 18.2 Å². The van der Waals surface area contributed by atoms with Crippen LogP contribution in [0.25, 0.3) is 0 Å². The topological polar surface area (TPSA) is 15.3 Å². The number of benzene rings is 1. The SMILES string of the molecule is CCCCCN(C)CC(NCC)c1cccc(F)c1F. The van der Waals surface area contributed by atoms with Gasteiger partial charge < -0.3 is 10.2 Å². The van der Waals surface area contributed by atoms with Crippen molar-refractivity contribution in [3.8, 4) is 0 Å². The minimum Gasteiger partial charge on any atom is -0.309 e. The van der Waals surface area contributed by atoms with Crippen LogP contribution in [0.4, 0.5) is 8.78 Å². The van der Waals surface area contributed by atoms with E-state index in [9.17, 15) is 8.78 Å². The Morgan fingerprint density at radius 2 is 1.95 bits per heavy atom. The van der Waals surface area contributed by atoms with E-state index in [0.717, 1.165) is 25.6 Å². The highest BCUT2D eigenvalue weighted by atomic mass is 19.2. The largest absolute Gasteiger partial charge is 0.309 e. The van der Waals surface area contributed by atoms with Gasteiger partial charge in [0.1, 0.15) is 0 Å². The molecule has 0 amide bonds. The fourth-order valence-electron chi connectivity index (χ4n) is 2.34. The summed E-state index contributed by atoms with van der Waals surface area (Å²) in [7, 11) is 2.03. The molecule has 0 fully saturated rings. The molecule has 1 atom stereocenters. The Hall–Kier alpha value is -1.00. The summed E-state index contributed by atoms with van der Waals surface area (Å²) in [5.74, 6) is -1.51. The molecular formula is C16H26F2N2. The summed E-state index contributed by atoms with van der Waals surface area (Å²) in [6.07, 6.45) is 3.52. The Labute approximate surface area is 121 Å². The number of nitrogens with zero attached hydrogens (tertiary/aromatic N) is 1. The Kier molecular flexibility index (Phi) is 7.70. The van der Waals surface area contributed by atoms with Crippen LogP contribution in [-0.2, 0) is 0 Å². The maximum absolute atomic E-state index is 13.9. The average molecular weight is 284 g/mol. The van der Waals surface area contributed by atoms with Gasteiger partial charge in [-0.3, -0.25) is 0 Å². The monoisotopic (exact) mass is 284 g/mol. The second-order valence-corrected chi connectivity index (χ2v) is 5.22. The number of nitrogens with one attached hydrogen (secondary N) is 1. The van der Waals surface area contributed by atoms with Crippen molar-refractivity contribution in [2.75, 3.05) is 26.7 Å². The van der Waals surface area contributed by atoms with Crippen molar-refractivity contribution in [3.05, 3.63) is 35.4 Å². The van der Waals surface area contributed by atoms with Gasteiger partial charge in [0.05, 0.1) is 0 Å². The summed E-state index contributed by atoms with van der Waals surface area (Å²) < 4.78 is 27.2. The fraction of sp³-hybridized carbons (Fsp3) is 0.625. The molecule has 0 aromatic heterocycles. The fourth-order valence-corrected chi connectivity index (χ4v) is 2.34. The van der Waals surface area contributed by atoms with Crippen LogP contribution in [0, 0.1) is 11.6 Å². The van der Waals surface area contributed by atoms with Crippen LogP contribution in [0.5, 0.6) is 0 Å². The minimum atomic E-state index is -0.779. The molecule has 0 aliphatic rings. The quantitative estimate of drug-likeness (QED) is 0.695. The number of halogens is 2. The van der Waals surface area contributed by atoms with E-state index in [2.05, 4.69) is 17.1 Å². The molecule has 0 heterocycles. The van der Waals surface area contributed by atoms with Gasteiger partial charge in [0.2, 0.25) is 0 Å². The Morgan fingerprint density at radius 3 is 2.60 bits per heavy atom. The van der Waals surface area contributed by atoms with Gasteiger partial charge in [-0.05, 0) is 32.6 Å². The number of unbranched alkanes of at least 4 members (excludes halogenated alkanes) is 2. The van der Waals surface area contributed by atoms with Crippen molar-refractivity contribution in [1.82, 2.24) is 10.2 Å². The van der Waals surface area contributed by atoms with Crippen molar-refractivity contribution in [2.24, 2.45) is 0 Å². The molecule has 1 aromatic carbocycles. The highest BCUT2D eigenvalue weighted by Gasteiger charge is 2.18. The minimum absolute atomic E-state index is 0.178. The molecule has 0 spiro atoms. The number of hydrogen-bond donors (Lipinski definition) is 1. The predicted molar refractivity (Wildman–Crippen MR) is 79.8 cm³/mol. The summed E-state index contributed by atoms with van der Waals surface area (Å²) >= 11 is 0. The lowest BCUT2D eigenvalue weighted by molar-refractivity contribution is 0.282. The summed E-state index contributed by atoms with van der Waals surface area (Å²) in [5, 5.41) is 3.24. The molecule has 1 aromatic rings. The van der Waals surface area contributed by atoms with Crippen LogP contribution < -0.4 is 5.32 Å². The van der Waals surface area contributed by atoms with Crippen LogP contribution >= 0.6 is 0 Å². The number of hydrogen-bond acceptors (Lipinski definition) is 2. The van der Waals surface area contributed by atoms with E-state index >= 15 is 0 Å². The molecule has 0 saturated heterocycles. The first-order chi connectivity index (χ1) is 9.60. The molecule has 0 bridgehead atoms. The third-order valence-electron chi connectivity index (χ3n) is 3.45. The van der Waals surface area contributed by atoms with Crippen LogP contribution in [-0.4, -0.2) is 31.6 Å². The van der Waals surface area contributed by atoms with Gasteiger partial charge in [0, 0.05) is 18.2 Å². The second-order valence-electron chi connectivity index (χ2n) is 5.22. The zero-order chi connectivity index (χ0) is 15.0. The van der Waals surface area contributed by atoms with Gasteiger partial charge in [0.15, 0.2) is 11.6 Å². The highest BCUT2D eigenvalue weighted by molar-refractivity contribution is 5.23. The van der Waals surface area contributed by atoms with Crippen molar-refractivity contribution in [3.63, 3.8) is 0 Å². The van der Waals surface area contributed by atoms with E-state index < -0.39 is 11.6 Å². The molecule has 0 aliphatic carbocycles. The van der Waals surface area contributed by atoms with E-state index in [-0.39, 0.29) is 6.04 Å². The Balaban J connectivity index is 2.70. The first kappa shape index (κ1) is 17.1. The Bertz CT molecular complexity index is 396. The van der Waals surface area contributed by atoms with Gasteiger partial charge in [0.25, 0.3) is 0 Å². The summed E-state index contributed by atoms with van der Waals surface area (Å²) in [6, 6.07) is 4.20. The zero-order valence-corrected chi connectivity index (χ0v) is 12.8. The highest BCUT2D eigenvalue weighted by Crippen LogP contribution is 2.20. The van der Waals surface area contributed by atoms with Gasteiger partial charge in [-0.2, -0.15) is 0 Å². The normalized spacial score (nSPS) is 12.9. The molecule has 0 aliphatic heterocycles.